The number of amides is 1. The van der Waals surface area contributed by atoms with Gasteiger partial charge in [-0.2, -0.15) is 0 Å². The Labute approximate surface area is 50.3 Å². The van der Waals surface area contributed by atoms with Crippen LogP contribution in [0.3, 0.4) is 0 Å². The van der Waals surface area contributed by atoms with Crippen LogP contribution in [-0.2, 0) is 0 Å². The maximum Gasteiger partial charge on any atom is 0.413 e. The van der Waals surface area contributed by atoms with Crippen LogP contribution in [0.2, 0.25) is 0 Å². The second-order valence-corrected chi connectivity index (χ2v) is 1.96. The first-order chi connectivity index (χ1) is 3.80. The van der Waals surface area contributed by atoms with Gasteiger partial charge in [-0.25, -0.2) is 9.19 Å². The van der Waals surface area contributed by atoms with Gasteiger partial charge in [-0.3, -0.25) is 4.90 Å². The molecule has 1 N–H and O–H groups in total. The molecule has 0 saturated carbocycles. The van der Waals surface area contributed by atoms with Gasteiger partial charge in [0.05, 0.1) is 5.88 Å². The Hall–Kier alpha value is -0.710. The van der Waals surface area contributed by atoms with Crippen molar-refractivity contribution < 1.29 is 9.90 Å². The fourth-order valence-corrected chi connectivity index (χ4v) is 0.872. The van der Waals surface area contributed by atoms with Crippen molar-refractivity contribution in [3.05, 3.63) is 0 Å². The summed E-state index contributed by atoms with van der Waals surface area (Å²) in [5, 5.41) is 8.23. The Balaban J connectivity index is 2.48. The van der Waals surface area contributed by atoms with Crippen molar-refractivity contribution >= 4 is 24.4 Å². The van der Waals surface area contributed by atoms with Crippen LogP contribution in [0.1, 0.15) is 0 Å². The van der Waals surface area contributed by atoms with Crippen molar-refractivity contribution in [2.75, 3.05) is 5.88 Å². The molecule has 44 valence electrons. The molecular weight excluding hydrogens is 128 g/mol. The Morgan fingerprint density at radius 1 is 2.00 bits per heavy atom. The average Bonchev–Trinajstić information content (AvgIpc) is 2.12. The quantitative estimate of drug-likeness (QED) is 0.491. The van der Waals surface area contributed by atoms with E-state index < -0.39 is 6.09 Å². The van der Waals surface area contributed by atoms with Crippen LogP contribution in [0.5, 0.6) is 0 Å². The second kappa shape index (κ2) is 2.04. The molecule has 0 aromatic rings. The van der Waals surface area contributed by atoms with Crippen molar-refractivity contribution in [1.82, 2.24) is 4.90 Å². The zero-order valence-electron chi connectivity index (χ0n) is 3.94. The van der Waals surface area contributed by atoms with E-state index in [-0.39, 0.29) is 0 Å². The zero-order chi connectivity index (χ0) is 5.98. The van der Waals surface area contributed by atoms with Crippen molar-refractivity contribution in [2.45, 2.75) is 0 Å². The number of carbonyl (C=O) groups is 1. The molecular formula is C3H4N2O2S. The molecule has 0 unspecified atom stereocenters. The Bertz CT molecular complexity index is 135. The van der Waals surface area contributed by atoms with Gasteiger partial charge < -0.3 is 5.11 Å². The number of carboxylic acid groups (broad SMARTS) is 1. The van der Waals surface area contributed by atoms with Gasteiger partial charge in [0.2, 0.25) is 0 Å². The minimum Gasteiger partial charge on any atom is -0.465 e. The smallest absolute Gasteiger partial charge is 0.413 e. The molecule has 0 bridgehead atoms. The zero-order valence-corrected chi connectivity index (χ0v) is 4.76. The van der Waals surface area contributed by atoms with E-state index in [9.17, 15) is 4.79 Å². The van der Waals surface area contributed by atoms with E-state index in [1.54, 1.807) is 0 Å². The van der Waals surface area contributed by atoms with Gasteiger partial charge in [0.15, 0.2) is 0 Å². The van der Waals surface area contributed by atoms with Crippen LogP contribution in [0.25, 0.3) is 0 Å². The molecule has 1 aliphatic heterocycles. The lowest BCUT2D eigenvalue weighted by atomic mass is 10.9. The van der Waals surface area contributed by atoms with Crippen molar-refractivity contribution in [2.24, 2.45) is 4.40 Å². The van der Waals surface area contributed by atoms with Crippen molar-refractivity contribution in [1.29, 1.82) is 0 Å². The molecule has 1 aliphatic rings. The first-order valence-corrected chi connectivity index (χ1v) is 2.90. The maximum absolute atomic E-state index is 10.0. The predicted octanol–water partition coefficient (Wildman–Crippen LogP) is 0.614. The Morgan fingerprint density at radius 3 is 3.00 bits per heavy atom. The van der Waals surface area contributed by atoms with Crippen molar-refractivity contribution in [3.8, 4) is 0 Å². The summed E-state index contributed by atoms with van der Waals surface area (Å²) in [4.78, 5) is 11.1. The minimum absolute atomic E-state index is 0.426. The van der Waals surface area contributed by atoms with E-state index in [1.807, 2.05) is 0 Å². The summed E-state index contributed by atoms with van der Waals surface area (Å²) < 4.78 is 3.62. The Morgan fingerprint density at radius 2 is 2.75 bits per heavy atom. The van der Waals surface area contributed by atoms with Crippen LogP contribution in [0.4, 0.5) is 4.79 Å². The summed E-state index contributed by atoms with van der Waals surface area (Å²) in [6, 6.07) is 0. The lowest BCUT2D eigenvalue weighted by Gasteiger charge is -2.01. The van der Waals surface area contributed by atoms with Crippen LogP contribution >= 0.6 is 11.9 Å². The molecule has 4 nitrogen and oxygen atoms in total. The Kier molecular flexibility index (Phi) is 1.38. The van der Waals surface area contributed by atoms with E-state index in [0.717, 1.165) is 4.90 Å². The van der Waals surface area contributed by atoms with Crippen LogP contribution in [0, 0.1) is 0 Å². The van der Waals surface area contributed by atoms with Gasteiger partial charge in [-0.15, -0.1) is 0 Å². The highest BCUT2D eigenvalue weighted by atomic mass is 32.2. The molecule has 1 rings (SSSR count). The van der Waals surface area contributed by atoms with Gasteiger partial charge in [-0.05, 0) is 11.9 Å². The normalized spacial score (nSPS) is 17.2. The summed E-state index contributed by atoms with van der Waals surface area (Å²) >= 11 is 1.23. The van der Waals surface area contributed by atoms with Crippen LogP contribution in [0.15, 0.2) is 4.40 Å². The third kappa shape index (κ3) is 0.919. The van der Waals surface area contributed by atoms with Crippen molar-refractivity contribution in [3.63, 3.8) is 0 Å². The predicted molar refractivity (Wildman–Crippen MR) is 30.8 cm³/mol. The summed E-state index contributed by atoms with van der Waals surface area (Å²) in [7, 11) is 0. The standard InChI is InChI=1S/C3H4N2O2S/c6-3(7)5-1-4-8-2-5/h1H,2H2,(H,6,7). The number of hydrogen-bond acceptors (Lipinski definition) is 3. The molecule has 0 fully saturated rings. The molecule has 1 heterocycles. The molecule has 1 amide bonds. The van der Waals surface area contributed by atoms with Gasteiger partial charge in [0.25, 0.3) is 0 Å². The lowest BCUT2D eigenvalue weighted by molar-refractivity contribution is 0.176. The van der Waals surface area contributed by atoms with E-state index >= 15 is 0 Å². The third-order valence-electron chi connectivity index (χ3n) is 0.704. The highest BCUT2D eigenvalue weighted by molar-refractivity contribution is 7.98. The van der Waals surface area contributed by atoms with E-state index in [2.05, 4.69) is 4.40 Å². The second-order valence-electron chi connectivity index (χ2n) is 1.23. The summed E-state index contributed by atoms with van der Waals surface area (Å²) in [5.74, 6) is 0.426. The summed E-state index contributed by atoms with van der Waals surface area (Å²) in [6.07, 6.45) is 0.353. The summed E-state index contributed by atoms with van der Waals surface area (Å²) in [6.45, 7) is 0. The fourth-order valence-electron chi connectivity index (χ4n) is 0.324. The van der Waals surface area contributed by atoms with E-state index in [4.69, 9.17) is 5.11 Å². The number of rotatable bonds is 0. The highest BCUT2D eigenvalue weighted by Gasteiger charge is 2.11. The van der Waals surface area contributed by atoms with Gasteiger partial charge in [0.1, 0.15) is 6.34 Å². The first-order valence-electron chi connectivity index (χ1n) is 1.96. The monoisotopic (exact) mass is 132 g/mol. The largest absolute Gasteiger partial charge is 0.465 e. The molecule has 0 spiro atoms. The average molecular weight is 132 g/mol. The van der Waals surface area contributed by atoms with Gasteiger partial charge in [0, 0.05) is 0 Å². The lowest BCUT2D eigenvalue weighted by Crippen LogP contribution is -2.23. The summed E-state index contributed by atoms with van der Waals surface area (Å²) in [5.41, 5.74) is 0. The van der Waals surface area contributed by atoms with Crippen LogP contribution < -0.4 is 0 Å². The molecule has 0 atom stereocenters. The molecule has 5 heteroatoms. The maximum atomic E-state index is 10.0. The van der Waals surface area contributed by atoms with Gasteiger partial charge >= 0.3 is 6.09 Å². The number of hydrogen-bond donors (Lipinski definition) is 1. The topological polar surface area (TPSA) is 52.9 Å². The molecule has 0 aliphatic carbocycles. The van der Waals surface area contributed by atoms with E-state index in [0.29, 0.717) is 5.88 Å². The third-order valence-corrected chi connectivity index (χ3v) is 1.34. The van der Waals surface area contributed by atoms with Gasteiger partial charge in [-0.1, -0.05) is 0 Å². The molecule has 0 saturated heterocycles. The fraction of sp³-hybridized carbons (Fsp3) is 0.333. The molecule has 0 aromatic heterocycles. The SMILES string of the molecule is O=C(O)N1C=NSC1. The number of nitrogens with zero attached hydrogens (tertiary/aromatic N) is 2. The first kappa shape index (κ1) is 5.43. The highest BCUT2D eigenvalue weighted by Crippen LogP contribution is 2.10. The van der Waals surface area contributed by atoms with Crippen LogP contribution in [-0.4, -0.2) is 28.3 Å². The minimum atomic E-state index is -0.946. The molecule has 8 heavy (non-hydrogen) atoms. The van der Waals surface area contributed by atoms with E-state index in [1.165, 1.54) is 18.3 Å². The molecule has 0 aromatic carbocycles. The molecule has 0 radical (unpaired) electrons.